The van der Waals surface area contributed by atoms with E-state index in [1.54, 1.807) is 6.07 Å². The molecule has 0 aromatic heterocycles. The van der Waals surface area contributed by atoms with Gasteiger partial charge in [0.2, 0.25) is 0 Å². The molecule has 0 fully saturated rings. The Bertz CT molecular complexity index is 631. The number of halogens is 2. The lowest BCUT2D eigenvalue weighted by Gasteiger charge is -2.19. The van der Waals surface area contributed by atoms with Crippen molar-refractivity contribution in [3.8, 4) is 0 Å². The molecule has 2 rings (SSSR count). The van der Waals surface area contributed by atoms with Gasteiger partial charge in [0.15, 0.2) is 0 Å². The maximum Gasteiger partial charge on any atom is 0.270 e. The summed E-state index contributed by atoms with van der Waals surface area (Å²) in [7, 11) is 0. The Kier molecular flexibility index (Phi) is 5.21. The molecule has 0 N–H and O–H groups in total. The molecule has 0 heterocycles. The van der Waals surface area contributed by atoms with Crippen LogP contribution in [-0.4, -0.2) is 4.92 Å². The van der Waals surface area contributed by atoms with Crippen LogP contribution in [0.1, 0.15) is 23.4 Å². The van der Waals surface area contributed by atoms with Crippen molar-refractivity contribution >= 4 is 28.9 Å². The largest absolute Gasteiger partial charge is 0.270 e. The molecule has 0 saturated carbocycles. The Morgan fingerprint density at radius 1 is 1.19 bits per heavy atom. The molecule has 2 atom stereocenters. The van der Waals surface area contributed by atoms with Crippen molar-refractivity contribution in [2.45, 2.75) is 18.7 Å². The standard InChI is InChI=1S/C16H15Cl2NO2/c1-11(16(18)12-5-3-2-4-6-12)9-13-7-8-14(19(20)21)10-15(13)17/h2-8,10-11,16H,9H2,1H3. The third-order valence-electron chi connectivity index (χ3n) is 3.41. The van der Waals surface area contributed by atoms with E-state index in [-0.39, 0.29) is 17.0 Å². The predicted octanol–water partition coefficient (Wildman–Crippen LogP) is 5.41. The van der Waals surface area contributed by atoms with Crippen LogP contribution in [0, 0.1) is 16.0 Å². The summed E-state index contributed by atoms with van der Waals surface area (Å²) in [6.45, 7) is 2.04. The lowest BCUT2D eigenvalue weighted by molar-refractivity contribution is -0.384. The number of rotatable bonds is 5. The third-order valence-corrected chi connectivity index (χ3v) is 4.44. The summed E-state index contributed by atoms with van der Waals surface area (Å²) in [5.74, 6) is 0.160. The van der Waals surface area contributed by atoms with Gasteiger partial charge in [0.25, 0.3) is 5.69 Å². The summed E-state index contributed by atoms with van der Waals surface area (Å²) in [6, 6.07) is 14.4. The Hall–Kier alpha value is -1.58. The molecule has 110 valence electrons. The summed E-state index contributed by atoms with van der Waals surface area (Å²) in [5.41, 5.74) is 1.93. The minimum atomic E-state index is -0.451. The van der Waals surface area contributed by atoms with Crippen LogP contribution in [0.15, 0.2) is 48.5 Å². The van der Waals surface area contributed by atoms with E-state index in [2.05, 4.69) is 0 Å². The first-order chi connectivity index (χ1) is 9.99. The van der Waals surface area contributed by atoms with Crippen molar-refractivity contribution in [1.29, 1.82) is 0 Å². The van der Waals surface area contributed by atoms with Crippen molar-refractivity contribution in [2.75, 3.05) is 0 Å². The molecule has 0 saturated heterocycles. The monoisotopic (exact) mass is 323 g/mol. The molecular weight excluding hydrogens is 309 g/mol. The van der Waals surface area contributed by atoms with Gasteiger partial charge in [-0.1, -0.05) is 54.9 Å². The van der Waals surface area contributed by atoms with Crippen LogP contribution in [0.5, 0.6) is 0 Å². The number of nitro groups is 1. The lowest BCUT2D eigenvalue weighted by Crippen LogP contribution is -2.08. The highest BCUT2D eigenvalue weighted by molar-refractivity contribution is 6.31. The normalized spacial score (nSPS) is 13.7. The fraction of sp³-hybridized carbons (Fsp3) is 0.250. The van der Waals surface area contributed by atoms with Crippen LogP contribution in [-0.2, 0) is 6.42 Å². The van der Waals surface area contributed by atoms with E-state index >= 15 is 0 Å². The Labute approximate surface area is 133 Å². The quantitative estimate of drug-likeness (QED) is 0.419. The predicted molar refractivity (Wildman–Crippen MR) is 86.0 cm³/mol. The fourth-order valence-electron chi connectivity index (χ4n) is 2.23. The zero-order valence-electron chi connectivity index (χ0n) is 11.5. The molecule has 0 bridgehead atoms. The van der Waals surface area contributed by atoms with E-state index < -0.39 is 4.92 Å². The van der Waals surface area contributed by atoms with Gasteiger partial charge in [0.05, 0.1) is 15.3 Å². The van der Waals surface area contributed by atoms with Crippen LogP contribution < -0.4 is 0 Å². The SMILES string of the molecule is CC(Cc1ccc([N+](=O)[O-])cc1Cl)C(Cl)c1ccccc1. The van der Waals surface area contributed by atoms with E-state index in [4.69, 9.17) is 23.2 Å². The molecule has 3 nitrogen and oxygen atoms in total. The maximum absolute atomic E-state index is 10.7. The van der Waals surface area contributed by atoms with E-state index in [1.165, 1.54) is 12.1 Å². The van der Waals surface area contributed by atoms with Crippen LogP contribution in [0.2, 0.25) is 5.02 Å². The first kappa shape index (κ1) is 15.8. The highest BCUT2D eigenvalue weighted by Gasteiger charge is 2.19. The van der Waals surface area contributed by atoms with E-state index in [0.29, 0.717) is 11.4 Å². The first-order valence-corrected chi connectivity index (χ1v) is 7.42. The average Bonchev–Trinajstić information content (AvgIpc) is 2.49. The Balaban J connectivity index is 2.12. The minimum absolute atomic E-state index is 0.00175. The van der Waals surface area contributed by atoms with Gasteiger partial charge in [0.1, 0.15) is 0 Å². The van der Waals surface area contributed by atoms with Gasteiger partial charge in [-0.05, 0) is 23.5 Å². The van der Waals surface area contributed by atoms with Gasteiger partial charge in [-0.2, -0.15) is 0 Å². The zero-order valence-corrected chi connectivity index (χ0v) is 13.0. The summed E-state index contributed by atoms with van der Waals surface area (Å²) < 4.78 is 0. The number of non-ortho nitro benzene ring substituents is 1. The highest BCUT2D eigenvalue weighted by atomic mass is 35.5. The number of hydrogen-bond acceptors (Lipinski definition) is 2. The van der Waals surface area contributed by atoms with Crippen LogP contribution in [0.4, 0.5) is 5.69 Å². The number of hydrogen-bond donors (Lipinski definition) is 0. The number of benzene rings is 2. The second kappa shape index (κ2) is 6.92. The van der Waals surface area contributed by atoms with E-state index in [9.17, 15) is 10.1 Å². The summed E-state index contributed by atoms with van der Waals surface area (Å²) in [4.78, 5) is 10.3. The van der Waals surface area contributed by atoms with Crippen molar-refractivity contribution in [3.05, 3.63) is 74.8 Å². The Morgan fingerprint density at radius 2 is 1.86 bits per heavy atom. The molecule has 0 aliphatic carbocycles. The Morgan fingerprint density at radius 3 is 2.43 bits per heavy atom. The summed E-state index contributed by atoms with van der Waals surface area (Å²) in [5, 5.41) is 11.0. The van der Waals surface area contributed by atoms with Gasteiger partial charge in [-0.25, -0.2) is 0 Å². The summed E-state index contributed by atoms with van der Waals surface area (Å²) >= 11 is 12.6. The second-order valence-corrected chi connectivity index (χ2v) is 5.90. The molecule has 0 aliphatic heterocycles. The topological polar surface area (TPSA) is 43.1 Å². The van der Waals surface area contributed by atoms with Gasteiger partial charge < -0.3 is 0 Å². The second-order valence-electron chi connectivity index (χ2n) is 5.03. The molecule has 0 spiro atoms. The van der Waals surface area contributed by atoms with Gasteiger partial charge in [-0.15, -0.1) is 11.6 Å². The molecule has 2 aromatic carbocycles. The van der Waals surface area contributed by atoms with Crippen LogP contribution >= 0.6 is 23.2 Å². The van der Waals surface area contributed by atoms with E-state index in [1.807, 2.05) is 37.3 Å². The van der Waals surface area contributed by atoms with Crippen LogP contribution in [0.3, 0.4) is 0 Å². The van der Waals surface area contributed by atoms with Crippen molar-refractivity contribution < 1.29 is 4.92 Å². The molecular formula is C16H15Cl2NO2. The molecule has 0 amide bonds. The van der Waals surface area contributed by atoms with Gasteiger partial charge >= 0.3 is 0 Å². The molecule has 21 heavy (non-hydrogen) atoms. The van der Waals surface area contributed by atoms with Crippen molar-refractivity contribution in [3.63, 3.8) is 0 Å². The molecule has 2 unspecified atom stereocenters. The molecule has 5 heteroatoms. The number of nitrogens with zero attached hydrogens (tertiary/aromatic N) is 1. The highest BCUT2D eigenvalue weighted by Crippen LogP contribution is 2.33. The number of nitro benzene ring substituents is 1. The fourth-order valence-corrected chi connectivity index (χ4v) is 2.72. The maximum atomic E-state index is 10.7. The smallest absolute Gasteiger partial charge is 0.258 e. The van der Waals surface area contributed by atoms with Crippen LogP contribution in [0.25, 0.3) is 0 Å². The lowest BCUT2D eigenvalue weighted by atomic mass is 9.93. The number of alkyl halides is 1. The average molecular weight is 324 g/mol. The van der Waals surface area contributed by atoms with Gasteiger partial charge in [-0.3, -0.25) is 10.1 Å². The third kappa shape index (κ3) is 3.96. The molecule has 2 aromatic rings. The summed E-state index contributed by atoms with van der Waals surface area (Å²) in [6.07, 6.45) is 0.667. The molecule has 0 radical (unpaired) electrons. The van der Waals surface area contributed by atoms with E-state index in [0.717, 1.165) is 11.1 Å². The van der Waals surface area contributed by atoms with Crippen molar-refractivity contribution in [2.24, 2.45) is 5.92 Å². The van der Waals surface area contributed by atoms with Gasteiger partial charge in [0, 0.05) is 12.1 Å². The minimum Gasteiger partial charge on any atom is -0.258 e. The van der Waals surface area contributed by atoms with Crippen molar-refractivity contribution in [1.82, 2.24) is 0 Å². The first-order valence-electron chi connectivity index (χ1n) is 6.61. The molecule has 0 aliphatic rings. The zero-order chi connectivity index (χ0) is 15.4.